The Kier molecular flexibility index (Phi) is 7.33. The van der Waals surface area contributed by atoms with Crippen molar-refractivity contribution >= 4 is 11.8 Å². The number of rotatable bonds is 7. The van der Waals surface area contributed by atoms with Crippen molar-refractivity contribution in [3.05, 3.63) is 17.7 Å². The zero-order valence-electron chi connectivity index (χ0n) is 16.8. The molecule has 150 valence electrons. The lowest BCUT2D eigenvalue weighted by molar-refractivity contribution is -0.122. The van der Waals surface area contributed by atoms with Gasteiger partial charge in [0, 0.05) is 31.1 Å². The topological polar surface area (TPSA) is 77.1 Å². The first kappa shape index (κ1) is 20.9. The van der Waals surface area contributed by atoms with Crippen molar-refractivity contribution in [3.8, 4) is 17.2 Å². The van der Waals surface area contributed by atoms with Crippen LogP contribution in [0.25, 0.3) is 0 Å². The molecule has 0 aliphatic carbocycles. The first-order valence-electron chi connectivity index (χ1n) is 9.28. The molecule has 0 spiro atoms. The summed E-state index contributed by atoms with van der Waals surface area (Å²) in [5.41, 5.74) is 0.492. The van der Waals surface area contributed by atoms with Gasteiger partial charge in [-0.3, -0.25) is 9.59 Å². The normalized spacial score (nSPS) is 14.8. The number of methoxy groups -OCH3 is 3. The number of carbonyl (C=O) groups is 2. The molecule has 0 bridgehead atoms. The number of benzene rings is 1. The molecule has 2 rings (SSSR count). The van der Waals surface area contributed by atoms with Crippen molar-refractivity contribution in [1.82, 2.24) is 10.2 Å². The zero-order valence-corrected chi connectivity index (χ0v) is 16.8. The highest BCUT2D eigenvalue weighted by Gasteiger charge is 2.26. The molecule has 1 aromatic carbocycles. The minimum absolute atomic E-state index is 0.0822. The van der Waals surface area contributed by atoms with Crippen LogP contribution in [0.4, 0.5) is 0 Å². The smallest absolute Gasteiger partial charge is 0.254 e. The molecule has 1 aliphatic heterocycles. The number of piperidine rings is 1. The Bertz CT molecular complexity index is 641. The van der Waals surface area contributed by atoms with Crippen molar-refractivity contribution in [3.63, 3.8) is 0 Å². The maximum atomic E-state index is 12.9. The van der Waals surface area contributed by atoms with E-state index < -0.39 is 0 Å². The van der Waals surface area contributed by atoms with E-state index in [2.05, 4.69) is 5.32 Å². The predicted molar refractivity (Wildman–Crippen MR) is 103 cm³/mol. The first-order valence-corrected chi connectivity index (χ1v) is 9.28. The molecule has 7 heteroatoms. The molecule has 0 aromatic heterocycles. The van der Waals surface area contributed by atoms with Crippen LogP contribution >= 0.6 is 0 Å². The van der Waals surface area contributed by atoms with E-state index >= 15 is 0 Å². The van der Waals surface area contributed by atoms with Gasteiger partial charge in [-0.15, -0.1) is 0 Å². The Balaban J connectivity index is 2.02. The van der Waals surface area contributed by atoms with Crippen LogP contribution in [0, 0.1) is 5.92 Å². The van der Waals surface area contributed by atoms with Crippen LogP contribution in [0.15, 0.2) is 12.1 Å². The third-order valence-corrected chi connectivity index (χ3v) is 4.65. The van der Waals surface area contributed by atoms with E-state index in [1.807, 2.05) is 13.8 Å². The van der Waals surface area contributed by atoms with E-state index in [9.17, 15) is 9.59 Å². The van der Waals surface area contributed by atoms with Crippen LogP contribution in [0.3, 0.4) is 0 Å². The fourth-order valence-corrected chi connectivity index (χ4v) is 3.27. The van der Waals surface area contributed by atoms with Gasteiger partial charge in [0.05, 0.1) is 21.3 Å². The van der Waals surface area contributed by atoms with E-state index in [0.717, 1.165) is 12.8 Å². The number of hydrogen-bond donors (Lipinski definition) is 1. The van der Waals surface area contributed by atoms with Crippen LogP contribution in [0.2, 0.25) is 0 Å². The summed E-state index contributed by atoms with van der Waals surface area (Å²) in [5, 5.41) is 3.07. The van der Waals surface area contributed by atoms with Crippen LogP contribution in [0.5, 0.6) is 17.2 Å². The molecular formula is C20H30N2O5. The molecule has 0 saturated carbocycles. The minimum Gasteiger partial charge on any atom is -0.493 e. The first-order chi connectivity index (χ1) is 12.9. The van der Waals surface area contributed by atoms with Gasteiger partial charge in [0.15, 0.2) is 11.5 Å². The standard InChI is InChI=1S/C20H30N2O5/c1-13(2)10-18(23)21-15-6-8-22(9-7-15)20(24)14-11-16(25-3)19(27-5)17(12-14)26-4/h11-13,15H,6-10H2,1-5H3,(H,21,23). The number of nitrogens with zero attached hydrogens (tertiary/aromatic N) is 1. The third kappa shape index (κ3) is 5.28. The van der Waals surface area contributed by atoms with Gasteiger partial charge in [-0.2, -0.15) is 0 Å². The summed E-state index contributed by atoms with van der Waals surface area (Å²) in [6, 6.07) is 3.46. The maximum absolute atomic E-state index is 12.9. The van der Waals surface area contributed by atoms with Crippen LogP contribution in [-0.4, -0.2) is 57.2 Å². The Morgan fingerprint density at radius 3 is 2.07 bits per heavy atom. The van der Waals surface area contributed by atoms with E-state index in [4.69, 9.17) is 14.2 Å². The molecule has 1 aliphatic rings. The molecule has 7 nitrogen and oxygen atoms in total. The Morgan fingerprint density at radius 1 is 1.07 bits per heavy atom. The van der Waals surface area contributed by atoms with E-state index in [-0.39, 0.29) is 17.9 Å². The van der Waals surface area contributed by atoms with Gasteiger partial charge in [-0.1, -0.05) is 13.8 Å². The number of nitrogens with one attached hydrogen (secondary N) is 1. The molecule has 27 heavy (non-hydrogen) atoms. The van der Waals surface area contributed by atoms with Gasteiger partial charge in [0.25, 0.3) is 5.91 Å². The zero-order chi connectivity index (χ0) is 20.0. The second-order valence-corrected chi connectivity index (χ2v) is 7.15. The van der Waals surface area contributed by atoms with Gasteiger partial charge < -0.3 is 24.4 Å². The maximum Gasteiger partial charge on any atom is 0.254 e. The molecule has 1 fully saturated rings. The Hall–Kier alpha value is -2.44. The number of likely N-dealkylation sites (tertiary alicyclic amines) is 1. The second-order valence-electron chi connectivity index (χ2n) is 7.15. The monoisotopic (exact) mass is 378 g/mol. The summed E-state index contributed by atoms with van der Waals surface area (Å²) >= 11 is 0. The van der Waals surface area contributed by atoms with Crippen molar-refractivity contribution < 1.29 is 23.8 Å². The lowest BCUT2D eigenvalue weighted by atomic mass is 10.0. The Labute approximate surface area is 161 Å². The number of carbonyl (C=O) groups excluding carboxylic acids is 2. The fraction of sp³-hybridized carbons (Fsp3) is 0.600. The predicted octanol–water partition coefficient (Wildman–Crippen LogP) is 2.48. The highest BCUT2D eigenvalue weighted by molar-refractivity contribution is 5.95. The largest absolute Gasteiger partial charge is 0.493 e. The van der Waals surface area contributed by atoms with Crippen LogP contribution in [-0.2, 0) is 4.79 Å². The molecule has 0 atom stereocenters. The minimum atomic E-state index is -0.0822. The summed E-state index contributed by atoms with van der Waals surface area (Å²) in [5.74, 6) is 1.71. The molecule has 2 amide bonds. The van der Waals surface area contributed by atoms with Crippen LogP contribution in [0.1, 0.15) is 43.5 Å². The summed E-state index contributed by atoms with van der Waals surface area (Å²) in [7, 11) is 4.58. The second kappa shape index (κ2) is 9.48. The SMILES string of the molecule is COc1cc(C(=O)N2CCC(NC(=O)CC(C)C)CC2)cc(OC)c1OC. The lowest BCUT2D eigenvalue weighted by Gasteiger charge is -2.32. The van der Waals surface area contributed by atoms with Crippen molar-refractivity contribution in [2.75, 3.05) is 34.4 Å². The summed E-state index contributed by atoms with van der Waals surface area (Å²) in [6.07, 6.45) is 2.03. The summed E-state index contributed by atoms with van der Waals surface area (Å²) < 4.78 is 16.0. The van der Waals surface area contributed by atoms with Gasteiger partial charge in [0.2, 0.25) is 11.7 Å². The average Bonchev–Trinajstić information content (AvgIpc) is 2.66. The Morgan fingerprint density at radius 2 is 1.63 bits per heavy atom. The van der Waals surface area contributed by atoms with E-state index in [0.29, 0.717) is 48.2 Å². The summed E-state index contributed by atoms with van der Waals surface area (Å²) in [4.78, 5) is 26.6. The van der Waals surface area contributed by atoms with Gasteiger partial charge in [-0.05, 0) is 30.9 Å². The molecule has 0 unspecified atom stereocenters. The highest BCUT2D eigenvalue weighted by atomic mass is 16.5. The molecule has 1 heterocycles. The van der Waals surface area contributed by atoms with Gasteiger partial charge in [-0.25, -0.2) is 0 Å². The van der Waals surface area contributed by atoms with Gasteiger partial charge >= 0.3 is 0 Å². The van der Waals surface area contributed by atoms with Crippen molar-refractivity contribution in [2.24, 2.45) is 5.92 Å². The summed E-state index contributed by atoms with van der Waals surface area (Å²) in [6.45, 7) is 5.25. The molecule has 0 radical (unpaired) electrons. The lowest BCUT2D eigenvalue weighted by Crippen LogP contribution is -2.46. The van der Waals surface area contributed by atoms with Crippen molar-refractivity contribution in [1.29, 1.82) is 0 Å². The molecule has 1 saturated heterocycles. The van der Waals surface area contributed by atoms with Crippen LogP contribution < -0.4 is 19.5 Å². The third-order valence-electron chi connectivity index (χ3n) is 4.65. The number of amides is 2. The quantitative estimate of drug-likeness (QED) is 0.789. The van der Waals surface area contributed by atoms with E-state index in [1.54, 1.807) is 17.0 Å². The number of hydrogen-bond acceptors (Lipinski definition) is 5. The number of ether oxygens (including phenoxy) is 3. The molecule has 1 N–H and O–H groups in total. The van der Waals surface area contributed by atoms with Gasteiger partial charge in [0.1, 0.15) is 0 Å². The molecular weight excluding hydrogens is 348 g/mol. The fourth-order valence-electron chi connectivity index (χ4n) is 3.27. The highest BCUT2D eigenvalue weighted by Crippen LogP contribution is 2.38. The van der Waals surface area contributed by atoms with E-state index in [1.165, 1.54) is 21.3 Å². The average molecular weight is 378 g/mol. The molecule has 1 aromatic rings. The van der Waals surface area contributed by atoms with Crippen molar-refractivity contribution in [2.45, 2.75) is 39.2 Å².